The number of amidine groups is 1. The number of hydrogen-bond donors (Lipinski definition) is 2. The lowest BCUT2D eigenvalue weighted by Crippen LogP contribution is -2.41. The van der Waals surface area contributed by atoms with Crippen molar-refractivity contribution in [3.05, 3.63) is 83.8 Å². The predicted molar refractivity (Wildman–Crippen MR) is 101 cm³/mol. The number of aliphatic hydroxyl groups is 1. The lowest BCUT2D eigenvalue weighted by Gasteiger charge is -2.22. The minimum absolute atomic E-state index is 0.0529. The van der Waals surface area contributed by atoms with Gasteiger partial charge < -0.3 is 10.4 Å². The fraction of sp³-hybridized carbons (Fsp3) is 0.100. The number of anilines is 2. The van der Waals surface area contributed by atoms with Crippen LogP contribution >= 0.6 is 0 Å². The van der Waals surface area contributed by atoms with Crippen LogP contribution in [0, 0.1) is 11.6 Å². The van der Waals surface area contributed by atoms with Crippen LogP contribution in [0.5, 0.6) is 0 Å². The molecule has 2 N–H and O–H groups in total. The van der Waals surface area contributed by atoms with Gasteiger partial charge in [-0.25, -0.2) is 8.78 Å². The summed E-state index contributed by atoms with van der Waals surface area (Å²) in [6.07, 6.45) is 5.12. The molecule has 2 heterocycles. The molecule has 0 fully saturated rings. The van der Waals surface area contributed by atoms with E-state index in [-0.39, 0.29) is 18.0 Å². The Hall–Kier alpha value is -3.36. The van der Waals surface area contributed by atoms with Gasteiger partial charge in [0.25, 0.3) is 11.7 Å². The molecular weight excluding hydrogens is 366 g/mol. The molecular formula is C20H16F2N4O2+. The monoisotopic (exact) mass is 382 g/mol. The zero-order chi connectivity index (χ0) is 19.7. The van der Waals surface area contributed by atoms with Crippen LogP contribution in [0.2, 0.25) is 0 Å². The van der Waals surface area contributed by atoms with Gasteiger partial charge in [0.05, 0.1) is 12.3 Å². The molecule has 0 unspecified atom stereocenters. The number of benzene rings is 2. The first-order valence-electron chi connectivity index (χ1n) is 8.52. The Morgan fingerprint density at radius 2 is 2.07 bits per heavy atom. The van der Waals surface area contributed by atoms with E-state index in [4.69, 9.17) is 0 Å². The number of amides is 1. The van der Waals surface area contributed by atoms with E-state index in [0.29, 0.717) is 12.5 Å². The first-order valence-corrected chi connectivity index (χ1v) is 8.52. The molecule has 1 radical (unpaired) electrons. The minimum atomic E-state index is -1.12. The highest BCUT2D eigenvalue weighted by atomic mass is 19.2. The van der Waals surface area contributed by atoms with Gasteiger partial charge in [0.2, 0.25) is 6.67 Å². The van der Waals surface area contributed by atoms with E-state index < -0.39 is 17.5 Å². The van der Waals surface area contributed by atoms with Crippen molar-refractivity contribution in [1.29, 1.82) is 0 Å². The van der Waals surface area contributed by atoms with Gasteiger partial charge in [0.15, 0.2) is 23.5 Å². The molecule has 2 aromatic rings. The summed E-state index contributed by atoms with van der Waals surface area (Å²) in [5.74, 6) is -2.21. The van der Waals surface area contributed by atoms with Gasteiger partial charge >= 0.3 is 0 Å². The summed E-state index contributed by atoms with van der Waals surface area (Å²) in [4.78, 5) is 20.3. The standard InChI is InChI=1S/C20H16F2N4O2/c21-15-5-2-6-16(19(15)22)24-20(28)17-10-26-12-25(8-7-18(26)23-17)14-4-1-3-13(9-14)11-27/h1-10,27H,11-12H2,(H,24,28)/q+1. The maximum absolute atomic E-state index is 13.8. The van der Waals surface area contributed by atoms with Crippen LogP contribution in [0.15, 0.2) is 71.6 Å². The summed E-state index contributed by atoms with van der Waals surface area (Å²) < 4.78 is 27.1. The van der Waals surface area contributed by atoms with E-state index in [2.05, 4.69) is 10.3 Å². The van der Waals surface area contributed by atoms with Crippen LogP contribution in [-0.4, -0.2) is 23.5 Å². The smallest absolute Gasteiger partial charge is 0.285 e. The van der Waals surface area contributed by atoms with Crippen LogP contribution < -0.4 is 15.1 Å². The lowest BCUT2D eigenvalue weighted by molar-refractivity contribution is -0.112. The lowest BCUT2D eigenvalue weighted by atomic mass is 10.2. The maximum Gasteiger partial charge on any atom is 0.285 e. The number of aliphatic imine (C=N–C) groups is 1. The van der Waals surface area contributed by atoms with Crippen molar-refractivity contribution < 1.29 is 18.7 Å². The average molecular weight is 382 g/mol. The number of aliphatic hydroxyl groups excluding tert-OH is 1. The highest BCUT2D eigenvalue weighted by Crippen LogP contribution is 2.23. The van der Waals surface area contributed by atoms with Crippen LogP contribution in [0.1, 0.15) is 5.56 Å². The first kappa shape index (κ1) is 18.0. The summed E-state index contributed by atoms with van der Waals surface area (Å²) in [7, 11) is 0. The van der Waals surface area contributed by atoms with Gasteiger partial charge in [0.1, 0.15) is 0 Å². The molecule has 6 nitrogen and oxygen atoms in total. The zero-order valence-electron chi connectivity index (χ0n) is 14.6. The van der Waals surface area contributed by atoms with Gasteiger partial charge in [-0.05, 0) is 29.8 Å². The van der Waals surface area contributed by atoms with Crippen molar-refractivity contribution in [2.24, 2.45) is 4.99 Å². The van der Waals surface area contributed by atoms with E-state index in [1.807, 2.05) is 35.4 Å². The minimum Gasteiger partial charge on any atom is -0.392 e. The van der Waals surface area contributed by atoms with Gasteiger partial charge in [-0.1, -0.05) is 23.1 Å². The summed E-state index contributed by atoms with van der Waals surface area (Å²) in [6.45, 7) is 0.359. The van der Waals surface area contributed by atoms with Crippen molar-refractivity contribution in [3.8, 4) is 0 Å². The second-order valence-corrected chi connectivity index (χ2v) is 6.26. The van der Waals surface area contributed by atoms with Gasteiger partial charge in [-0.3, -0.25) is 9.69 Å². The number of nitrogens with zero attached hydrogens (tertiary/aromatic N) is 3. The molecule has 1 amide bonds. The van der Waals surface area contributed by atoms with Gasteiger partial charge in [-0.15, -0.1) is 0 Å². The zero-order valence-corrected chi connectivity index (χ0v) is 14.6. The Morgan fingerprint density at radius 1 is 1.25 bits per heavy atom. The molecule has 141 valence electrons. The summed E-state index contributed by atoms with van der Waals surface area (Å²) in [5, 5.41) is 11.6. The van der Waals surface area contributed by atoms with Crippen LogP contribution in [0.3, 0.4) is 0 Å². The molecule has 2 aliphatic rings. The third-order valence-electron chi connectivity index (χ3n) is 4.37. The molecule has 8 heteroatoms. The molecule has 0 atom stereocenters. The maximum atomic E-state index is 13.8. The fourth-order valence-corrected chi connectivity index (χ4v) is 2.94. The van der Waals surface area contributed by atoms with Crippen molar-refractivity contribution in [2.75, 3.05) is 16.9 Å². The fourth-order valence-electron chi connectivity index (χ4n) is 2.94. The normalized spacial score (nSPS) is 15.9. The highest BCUT2D eigenvalue weighted by Gasteiger charge is 2.35. The molecule has 0 aromatic heterocycles. The van der Waals surface area contributed by atoms with E-state index in [0.717, 1.165) is 17.3 Å². The summed E-state index contributed by atoms with van der Waals surface area (Å²) in [5.41, 5.74) is 1.53. The molecule has 2 aromatic carbocycles. The molecule has 0 saturated carbocycles. The Morgan fingerprint density at radius 3 is 2.89 bits per heavy atom. The number of halogens is 2. The average Bonchev–Trinajstić information content (AvgIpc) is 3.15. The Bertz CT molecular complexity index is 1030. The molecule has 4 rings (SSSR count). The molecule has 0 bridgehead atoms. The van der Waals surface area contributed by atoms with E-state index in [1.165, 1.54) is 12.1 Å². The Labute approximate surface area is 159 Å². The largest absolute Gasteiger partial charge is 0.392 e. The Kier molecular flexibility index (Phi) is 4.72. The second-order valence-electron chi connectivity index (χ2n) is 6.26. The third-order valence-corrected chi connectivity index (χ3v) is 4.37. The number of carbonyl (C=O) groups excluding carboxylic acids is 1. The van der Waals surface area contributed by atoms with Crippen LogP contribution in [0.4, 0.5) is 20.2 Å². The first-order chi connectivity index (χ1) is 13.5. The van der Waals surface area contributed by atoms with Gasteiger partial charge in [-0.2, -0.15) is 4.99 Å². The highest BCUT2D eigenvalue weighted by molar-refractivity contribution is 6.10. The SMILES string of the molecule is O=C(Nc1cccc(F)c1F)C1=C[N+]2CN(c3cccc(CO)c3)C=CC2=N1. The molecule has 0 saturated heterocycles. The van der Waals surface area contributed by atoms with Crippen molar-refractivity contribution in [2.45, 2.75) is 6.61 Å². The van der Waals surface area contributed by atoms with Crippen LogP contribution in [0.25, 0.3) is 0 Å². The molecule has 0 spiro atoms. The number of carbonyl (C=O) groups is 1. The van der Waals surface area contributed by atoms with E-state index >= 15 is 0 Å². The van der Waals surface area contributed by atoms with E-state index in [1.54, 1.807) is 17.2 Å². The Balaban J connectivity index is 1.50. The predicted octanol–water partition coefficient (Wildman–Crippen LogP) is 2.78. The molecule has 2 aliphatic heterocycles. The molecule has 28 heavy (non-hydrogen) atoms. The third kappa shape index (κ3) is 3.42. The topological polar surface area (TPSA) is 70.8 Å². The van der Waals surface area contributed by atoms with Crippen molar-refractivity contribution >= 4 is 23.1 Å². The number of hydrogen-bond acceptors (Lipinski definition) is 5. The van der Waals surface area contributed by atoms with Crippen molar-refractivity contribution in [3.63, 3.8) is 0 Å². The second kappa shape index (κ2) is 7.34. The summed E-state index contributed by atoms with van der Waals surface area (Å²) in [6, 6.07) is 11.0. The van der Waals surface area contributed by atoms with Crippen molar-refractivity contribution in [1.82, 2.24) is 4.90 Å². The quantitative estimate of drug-likeness (QED) is 0.799. The number of rotatable bonds is 4. The number of nitrogens with one attached hydrogen (secondary N) is 1. The number of fused-ring (bicyclic) bond motifs is 1. The van der Waals surface area contributed by atoms with Gasteiger partial charge in [0, 0.05) is 18.0 Å². The summed E-state index contributed by atoms with van der Waals surface area (Å²) >= 11 is 0. The van der Waals surface area contributed by atoms with E-state index in [9.17, 15) is 18.7 Å². The van der Waals surface area contributed by atoms with Crippen LogP contribution in [-0.2, 0) is 11.4 Å². The molecule has 0 aliphatic carbocycles.